The summed E-state index contributed by atoms with van der Waals surface area (Å²) >= 11 is 0. The van der Waals surface area contributed by atoms with Gasteiger partial charge < -0.3 is 0 Å². The number of nitrogens with one attached hydrogen (secondary N) is 1. The first kappa shape index (κ1) is 19.0. The molecule has 5 rings (SSSR count). The molecule has 0 unspecified atom stereocenters. The van der Waals surface area contributed by atoms with Crippen molar-refractivity contribution in [1.82, 2.24) is 44.5 Å². The van der Waals surface area contributed by atoms with E-state index < -0.39 is 12.7 Å². The van der Waals surface area contributed by atoms with E-state index in [1.165, 1.54) is 6.20 Å². The molecule has 5 aromatic heterocycles. The Morgan fingerprint density at radius 2 is 1.68 bits per heavy atom. The molecular formula is C19H16F3N9. The van der Waals surface area contributed by atoms with Gasteiger partial charge in [0.05, 0.1) is 28.3 Å². The van der Waals surface area contributed by atoms with Crippen molar-refractivity contribution < 1.29 is 13.2 Å². The van der Waals surface area contributed by atoms with E-state index in [1.54, 1.807) is 60.1 Å². The minimum absolute atomic E-state index is 0.261. The lowest BCUT2D eigenvalue weighted by Gasteiger charge is -2.12. The maximum absolute atomic E-state index is 13.4. The van der Waals surface area contributed by atoms with Gasteiger partial charge in [0.2, 0.25) is 0 Å². The number of nitrogens with zero attached hydrogens (tertiary/aromatic N) is 8. The molecule has 0 spiro atoms. The van der Waals surface area contributed by atoms with E-state index in [1.807, 2.05) is 0 Å². The Morgan fingerprint density at radius 3 is 2.26 bits per heavy atom. The van der Waals surface area contributed by atoms with Gasteiger partial charge >= 0.3 is 6.18 Å². The molecule has 0 aromatic carbocycles. The molecule has 5 heterocycles. The largest absolute Gasteiger partial charge is 0.408 e. The second-order valence-electron chi connectivity index (χ2n) is 7.02. The zero-order chi connectivity index (χ0) is 21.8. The molecule has 0 aliphatic carbocycles. The lowest BCUT2D eigenvalue weighted by atomic mass is 10.1. The number of H-pyrrole nitrogens is 1. The van der Waals surface area contributed by atoms with Crippen molar-refractivity contribution in [3.63, 3.8) is 0 Å². The van der Waals surface area contributed by atoms with E-state index in [2.05, 4.69) is 25.5 Å². The Hall–Kier alpha value is -3.96. The van der Waals surface area contributed by atoms with Crippen molar-refractivity contribution in [3.8, 4) is 34.0 Å². The molecule has 0 amide bonds. The van der Waals surface area contributed by atoms with Gasteiger partial charge in [-0.3, -0.25) is 19.1 Å². The van der Waals surface area contributed by atoms with Crippen LogP contribution in [-0.2, 0) is 20.6 Å². The molecule has 31 heavy (non-hydrogen) atoms. The molecule has 5 aromatic rings. The molecule has 9 nitrogen and oxygen atoms in total. The number of aryl methyl sites for hydroxylation is 2. The molecule has 0 atom stereocenters. The maximum atomic E-state index is 13.4. The number of pyridine rings is 1. The van der Waals surface area contributed by atoms with Crippen LogP contribution in [0, 0.1) is 0 Å². The molecule has 0 fully saturated rings. The summed E-state index contributed by atoms with van der Waals surface area (Å²) in [6.07, 6.45) is 0.269. The quantitative estimate of drug-likeness (QED) is 0.475. The number of rotatable bonds is 4. The fourth-order valence-electron chi connectivity index (χ4n) is 3.63. The molecule has 12 heteroatoms. The summed E-state index contributed by atoms with van der Waals surface area (Å²) in [7, 11) is 3.50. The number of alkyl halides is 3. The number of hydrogen-bond acceptors (Lipinski definition) is 5. The lowest BCUT2D eigenvalue weighted by molar-refractivity contribution is -0.141. The van der Waals surface area contributed by atoms with Crippen LogP contribution in [0.5, 0.6) is 0 Å². The van der Waals surface area contributed by atoms with E-state index in [-0.39, 0.29) is 11.2 Å². The first-order valence-electron chi connectivity index (χ1n) is 9.26. The van der Waals surface area contributed by atoms with E-state index in [9.17, 15) is 13.2 Å². The predicted octanol–water partition coefficient (Wildman–Crippen LogP) is 3.18. The summed E-state index contributed by atoms with van der Waals surface area (Å²) in [5.74, 6) is 0. The fraction of sp³-hybridized carbons (Fsp3) is 0.211. The highest BCUT2D eigenvalue weighted by molar-refractivity contribution is 5.99. The standard InChI is InChI=1S/C19H16F3N9/c1-29-14(4-7-24-29)11-9-13(15-5-8-25-30(15)2)26-17-16(12-3-6-23-27-12)28-31(18(11)17)10-19(20,21)22/h3-9H,10H2,1-2H3,(H,23,27). The van der Waals surface area contributed by atoms with E-state index >= 15 is 0 Å². The van der Waals surface area contributed by atoms with Gasteiger partial charge in [-0.05, 0) is 24.3 Å². The SMILES string of the molecule is Cn1nccc1-c1cc(-c2ccnn2C)c2c(n1)c(-c1ccn[nH]1)nn2CC(F)(F)F. The van der Waals surface area contributed by atoms with Crippen LogP contribution in [0.15, 0.2) is 42.9 Å². The molecule has 0 radical (unpaired) electrons. The highest BCUT2D eigenvalue weighted by Gasteiger charge is 2.32. The average molecular weight is 427 g/mol. The smallest absolute Gasteiger partial charge is 0.276 e. The molecule has 0 saturated heterocycles. The van der Waals surface area contributed by atoms with Gasteiger partial charge in [0.25, 0.3) is 0 Å². The molecule has 0 aliphatic rings. The van der Waals surface area contributed by atoms with Crippen LogP contribution in [0.4, 0.5) is 13.2 Å². The number of hydrogen-bond donors (Lipinski definition) is 1. The Balaban J connectivity index is 1.89. The normalized spacial score (nSPS) is 12.2. The molecule has 0 saturated carbocycles. The maximum Gasteiger partial charge on any atom is 0.408 e. The zero-order valence-electron chi connectivity index (χ0n) is 16.5. The van der Waals surface area contributed by atoms with Crippen LogP contribution in [-0.4, -0.2) is 50.7 Å². The van der Waals surface area contributed by atoms with Gasteiger partial charge in [-0.25, -0.2) is 4.98 Å². The van der Waals surface area contributed by atoms with Gasteiger partial charge in [-0.2, -0.15) is 33.6 Å². The van der Waals surface area contributed by atoms with Crippen LogP contribution in [0.3, 0.4) is 0 Å². The first-order chi connectivity index (χ1) is 14.8. The average Bonchev–Trinajstić information content (AvgIpc) is 3.47. The molecule has 158 valence electrons. The third-order valence-corrected chi connectivity index (χ3v) is 4.96. The van der Waals surface area contributed by atoms with Gasteiger partial charge in [0, 0.05) is 38.2 Å². The van der Waals surface area contributed by atoms with Crippen molar-refractivity contribution in [2.75, 3.05) is 0 Å². The van der Waals surface area contributed by atoms with E-state index in [0.717, 1.165) is 4.68 Å². The Labute approximate surface area is 173 Å². The molecular weight excluding hydrogens is 411 g/mol. The summed E-state index contributed by atoms with van der Waals surface area (Å²) in [5.41, 5.74) is 3.76. The van der Waals surface area contributed by atoms with Crippen LogP contribution >= 0.6 is 0 Å². The third kappa shape index (κ3) is 3.25. The molecule has 1 N–H and O–H groups in total. The topological polar surface area (TPSA) is 95.0 Å². The fourth-order valence-corrected chi connectivity index (χ4v) is 3.63. The van der Waals surface area contributed by atoms with Crippen molar-refractivity contribution in [3.05, 3.63) is 42.9 Å². The number of aromatic amines is 1. The van der Waals surface area contributed by atoms with Crippen LogP contribution in [0.2, 0.25) is 0 Å². The minimum Gasteiger partial charge on any atom is -0.276 e. The monoisotopic (exact) mass is 427 g/mol. The van der Waals surface area contributed by atoms with Crippen molar-refractivity contribution >= 4 is 11.0 Å². The Bertz CT molecular complexity index is 1370. The van der Waals surface area contributed by atoms with Gasteiger partial charge in [0.15, 0.2) is 0 Å². The minimum atomic E-state index is -4.46. The summed E-state index contributed by atoms with van der Waals surface area (Å²) in [6, 6.07) is 6.91. The van der Waals surface area contributed by atoms with Gasteiger partial charge in [-0.1, -0.05) is 0 Å². The van der Waals surface area contributed by atoms with Crippen molar-refractivity contribution in [2.45, 2.75) is 12.7 Å². The molecule has 0 bridgehead atoms. The van der Waals surface area contributed by atoms with Crippen LogP contribution in [0.1, 0.15) is 0 Å². The lowest BCUT2D eigenvalue weighted by Crippen LogP contribution is -2.19. The van der Waals surface area contributed by atoms with Crippen LogP contribution < -0.4 is 0 Å². The summed E-state index contributed by atoms with van der Waals surface area (Å²) < 4.78 is 44.4. The second kappa shape index (κ2) is 6.79. The number of halogens is 3. The Morgan fingerprint density at radius 1 is 0.968 bits per heavy atom. The van der Waals surface area contributed by atoms with Gasteiger partial charge in [0.1, 0.15) is 17.8 Å². The predicted molar refractivity (Wildman–Crippen MR) is 106 cm³/mol. The highest BCUT2D eigenvalue weighted by Crippen LogP contribution is 2.37. The van der Waals surface area contributed by atoms with E-state index in [4.69, 9.17) is 4.98 Å². The summed E-state index contributed by atoms with van der Waals surface area (Å²) in [4.78, 5) is 4.70. The highest BCUT2D eigenvalue weighted by atomic mass is 19.4. The molecule has 0 aliphatic heterocycles. The zero-order valence-corrected chi connectivity index (χ0v) is 16.5. The van der Waals surface area contributed by atoms with E-state index in [0.29, 0.717) is 33.9 Å². The summed E-state index contributed by atoms with van der Waals surface area (Å²) in [6.45, 7) is -1.25. The Kier molecular flexibility index (Phi) is 4.17. The first-order valence-corrected chi connectivity index (χ1v) is 9.26. The summed E-state index contributed by atoms with van der Waals surface area (Å²) in [5, 5.41) is 19.3. The van der Waals surface area contributed by atoms with Crippen LogP contribution in [0.25, 0.3) is 45.1 Å². The third-order valence-electron chi connectivity index (χ3n) is 4.96. The second-order valence-corrected chi connectivity index (χ2v) is 7.02. The number of aromatic nitrogens is 9. The number of fused-ring (bicyclic) bond motifs is 1. The van der Waals surface area contributed by atoms with Crippen molar-refractivity contribution in [2.24, 2.45) is 14.1 Å². The van der Waals surface area contributed by atoms with Crippen molar-refractivity contribution in [1.29, 1.82) is 0 Å². The van der Waals surface area contributed by atoms with Gasteiger partial charge in [-0.15, -0.1) is 0 Å².